The quantitative estimate of drug-likeness (QED) is 0.773. The maximum atomic E-state index is 9.64. The van der Waals surface area contributed by atoms with E-state index in [-0.39, 0.29) is 6.10 Å². The number of nitrogens with zero attached hydrogens (tertiary/aromatic N) is 1. The SMILES string of the molecule is CCc1ccc(CC(O)CCOC)nc1. The van der Waals surface area contributed by atoms with Gasteiger partial charge >= 0.3 is 0 Å². The topological polar surface area (TPSA) is 42.4 Å². The van der Waals surface area contributed by atoms with E-state index in [1.54, 1.807) is 7.11 Å². The monoisotopic (exact) mass is 209 g/mol. The zero-order valence-corrected chi connectivity index (χ0v) is 9.44. The number of aromatic nitrogens is 1. The van der Waals surface area contributed by atoms with Gasteiger partial charge in [0.05, 0.1) is 6.10 Å². The summed E-state index contributed by atoms with van der Waals surface area (Å²) in [5.41, 5.74) is 2.17. The highest BCUT2D eigenvalue weighted by Gasteiger charge is 2.05. The Balaban J connectivity index is 2.42. The molecule has 84 valence electrons. The molecule has 15 heavy (non-hydrogen) atoms. The van der Waals surface area contributed by atoms with Gasteiger partial charge in [-0.3, -0.25) is 4.98 Å². The number of hydrogen-bond donors (Lipinski definition) is 1. The standard InChI is InChI=1S/C12H19NO2/c1-3-10-4-5-11(13-9-10)8-12(14)6-7-15-2/h4-5,9,12,14H,3,6-8H2,1-2H3. The van der Waals surface area contributed by atoms with E-state index in [4.69, 9.17) is 4.74 Å². The molecule has 0 aliphatic carbocycles. The molecule has 3 nitrogen and oxygen atoms in total. The largest absolute Gasteiger partial charge is 0.393 e. The summed E-state index contributed by atoms with van der Waals surface area (Å²) in [6, 6.07) is 4.04. The second kappa shape index (κ2) is 6.53. The molecule has 0 aliphatic heterocycles. The van der Waals surface area contributed by atoms with Crippen LogP contribution in [0.15, 0.2) is 18.3 Å². The summed E-state index contributed by atoms with van der Waals surface area (Å²) in [6.45, 7) is 2.69. The molecule has 0 amide bonds. The first-order valence-corrected chi connectivity index (χ1v) is 5.37. The van der Waals surface area contributed by atoms with Gasteiger partial charge in [-0.25, -0.2) is 0 Å². The molecule has 0 fully saturated rings. The van der Waals surface area contributed by atoms with Gasteiger partial charge < -0.3 is 9.84 Å². The van der Waals surface area contributed by atoms with Gasteiger partial charge in [0.1, 0.15) is 0 Å². The first-order valence-electron chi connectivity index (χ1n) is 5.37. The van der Waals surface area contributed by atoms with Gasteiger partial charge in [0.2, 0.25) is 0 Å². The van der Waals surface area contributed by atoms with Gasteiger partial charge in [-0.15, -0.1) is 0 Å². The van der Waals surface area contributed by atoms with Gasteiger partial charge in [0, 0.05) is 32.0 Å². The summed E-state index contributed by atoms with van der Waals surface area (Å²) < 4.78 is 4.91. The molecule has 3 heteroatoms. The minimum Gasteiger partial charge on any atom is -0.393 e. The average Bonchev–Trinajstić information content (AvgIpc) is 2.27. The minimum absolute atomic E-state index is 0.357. The zero-order valence-electron chi connectivity index (χ0n) is 9.44. The van der Waals surface area contributed by atoms with Crippen molar-refractivity contribution < 1.29 is 9.84 Å². The number of pyridine rings is 1. The number of aliphatic hydroxyl groups excluding tert-OH is 1. The summed E-state index contributed by atoms with van der Waals surface area (Å²) in [4.78, 5) is 4.30. The van der Waals surface area contributed by atoms with Crippen LogP contribution in [0.3, 0.4) is 0 Å². The molecule has 0 spiro atoms. The molecule has 1 heterocycles. The highest BCUT2D eigenvalue weighted by molar-refractivity contribution is 5.14. The number of rotatable bonds is 6. The number of hydrogen-bond acceptors (Lipinski definition) is 3. The van der Waals surface area contributed by atoms with E-state index in [0.717, 1.165) is 12.1 Å². The number of aryl methyl sites for hydroxylation is 1. The maximum Gasteiger partial charge on any atom is 0.0617 e. The molecule has 1 atom stereocenters. The molecule has 1 unspecified atom stereocenters. The smallest absolute Gasteiger partial charge is 0.0617 e. The Labute approximate surface area is 91.1 Å². The maximum absolute atomic E-state index is 9.64. The zero-order chi connectivity index (χ0) is 11.1. The molecular weight excluding hydrogens is 190 g/mol. The van der Waals surface area contributed by atoms with Crippen molar-refractivity contribution >= 4 is 0 Å². The number of ether oxygens (including phenoxy) is 1. The third-order valence-electron chi connectivity index (χ3n) is 2.39. The molecule has 0 bridgehead atoms. The molecule has 0 aromatic carbocycles. The minimum atomic E-state index is -0.357. The van der Waals surface area contributed by atoms with Crippen molar-refractivity contribution in [2.75, 3.05) is 13.7 Å². The summed E-state index contributed by atoms with van der Waals surface area (Å²) in [6.07, 6.45) is 3.78. The fourth-order valence-electron chi connectivity index (χ4n) is 1.38. The van der Waals surface area contributed by atoms with Crippen LogP contribution in [0.1, 0.15) is 24.6 Å². The van der Waals surface area contributed by atoms with Crippen molar-refractivity contribution in [2.24, 2.45) is 0 Å². The van der Waals surface area contributed by atoms with Crippen LogP contribution >= 0.6 is 0 Å². The molecule has 0 saturated heterocycles. The average molecular weight is 209 g/mol. The van der Waals surface area contributed by atoms with Crippen LogP contribution in [0.2, 0.25) is 0 Å². The van der Waals surface area contributed by atoms with Gasteiger partial charge in [0.25, 0.3) is 0 Å². The van der Waals surface area contributed by atoms with E-state index >= 15 is 0 Å². The lowest BCUT2D eigenvalue weighted by molar-refractivity contribution is 0.109. The summed E-state index contributed by atoms with van der Waals surface area (Å²) in [7, 11) is 1.64. The van der Waals surface area contributed by atoms with Crippen molar-refractivity contribution in [3.63, 3.8) is 0 Å². The first-order chi connectivity index (χ1) is 7.26. The fraction of sp³-hybridized carbons (Fsp3) is 0.583. The first kappa shape index (κ1) is 12.1. The van der Waals surface area contributed by atoms with Crippen LogP contribution in [-0.2, 0) is 17.6 Å². The Morgan fingerprint density at radius 2 is 2.27 bits per heavy atom. The Bertz CT molecular complexity index is 271. The Hall–Kier alpha value is -0.930. The Morgan fingerprint density at radius 3 is 2.80 bits per heavy atom. The summed E-state index contributed by atoms with van der Waals surface area (Å²) in [5.74, 6) is 0. The molecular formula is C12H19NO2. The molecule has 1 aromatic heterocycles. The van der Waals surface area contributed by atoms with Crippen molar-refractivity contribution in [3.05, 3.63) is 29.6 Å². The van der Waals surface area contributed by atoms with E-state index < -0.39 is 0 Å². The van der Waals surface area contributed by atoms with Crippen molar-refractivity contribution in [2.45, 2.75) is 32.3 Å². The van der Waals surface area contributed by atoms with E-state index in [9.17, 15) is 5.11 Å². The van der Waals surface area contributed by atoms with E-state index in [1.807, 2.05) is 12.3 Å². The Kier molecular flexibility index (Phi) is 5.29. The van der Waals surface area contributed by atoms with Crippen LogP contribution in [-0.4, -0.2) is 29.9 Å². The third kappa shape index (κ3) is 4.40. The molecule has 1 rings (SSSR count). The van der Waals surface area contributed by atoms with Crippen LogP contribution in [0.25, 0.3) is 0 Å². The lowest BCUT2D eigenvalue weighted by Crippen LogP contribution is -2.13. The second-order valence-corrected chi connectivity index (χ2v) is 3.65. The normalized spacial score (nSPS) is 12.7. The lowest BCUT2D eigenvalue weighted by Gasteiger charge is -2.09. The van der Waals surface area contributed by atoms with E-state index in [2.05, 4.69) is 18.0 Å². The predicted molar refractivity (Wildman–Crippen MR) is 59.8 cm³/mol. The fourth-order valence-corrected chi connectivity index (χ4v) is 1.38. The lowest BCUT2D eigenvalue weighted by atomic mass is 10.1. The van der Waals surface area contributed by atoms with Crippen molar-refractivity contribution in [1.82, 2.24) is 4.98 Å². The van der Waals surface area contributed by atoms with Crippen LogP contribution in [0.4, 0.5) is 0 Å². The predicted octanol–water partition coefficient (Wildman–Crippen LogP) is 1.58. The van der Waals surface area contributed by atoms with Gasteiger partial charge in [-0.2, -0.15) is 0 Å². The van der Waals surface area contributed by atoms with Crippen LogP contribution < -0.4 is 0 Å². The van der Waals surface area contributed by atoms with Crippen LogP contribution in [0.5, 0.6) is 0 Å². The Morgan fingerprint density at radius 1 is 1.47 bits per heavy atom. The second-order valence-electron chi connectivity index (χ2n) is 3.65. The molecule has 0 saturated carbocycles. The highest BCUT2D eigenvalue weighted by Crippen LogP contribution is 2.05. The van der Waals surface area contributed by atoms with E-state index in [1.165, 1.54) is 5.56 Å². The molecule has 0 radical (unpaired) electrons. The molecule has 1 N–H and O–H groups in total. The number of methoxy groups -OCH3 is 1. The van der Waals surface area contributed by atoms with Gasteiger partial charge in [-0.1, -0.05) is 13.0 Å². The van der Waals surface area contributed by atoms with Crippen molar-refractivity contribution in [3.8, 4) is 0 Å². The molecule has 0 aliphatic rings. The molecule has 1 aromatic rings. The van der Waals surface area contributed by atoms with Gasteiger partial charge in [0.15, 0.2) is 0 Å². The summed E-state index contributed by atoms with van der Waals surface area (Å²) >= 11 is 0. The van der Waals surface area contributed by atoms with E-state index in [0.29, 0.717) is 19.4 Å². The highest BCUT2D eigenvalue weighted by atomic mass is 16.5. The van der Waals surface area contributed by atoms with Crippen molar-refractivity contribution in [1.29, 1.82) is 0 Å². The number of aliphatic hydroxyl groups is 1. The van der Waals surface area contributed by atoms with Crippen LogP contribution in [0, 0.1) is 0 Å². The third-order valence-corrected chi connectivity index (χ3v) is 2.39. The summed E-state index contributed by atoms with van der Waals surface area (Å²) in [5, 5.41) is 9.64. The van der Waals surface area contributed by atoms with Gasteiger partial charge in [-0.05, 0) is 24.5 Å².